The highest BCUT2D eigenvalue weighted by molar-refractivity contribution is 4.95. The lowest BCUT2D eigenvalue weighted by Gasteiger charge is -2.12. The molecule has 7 heavy (non-hydrogen) atoms. The Morgan fingerprint density at radius 2 is 2.57 bits per heavy atom. The fraction of sp³-hybridized carbons (Fsp3) is 0.600. The second-order valence-corrected chi connectivity index (χ2v) is 1.62. The van der Waals surface area contributed by atoms with Crippen molar-refractivity contribution in [1.29, 1.82) is 0 Å². The van der Waals surface area contributed by atoms with E-state index < -0.39 is 0 Å². The zero-order valence-corrected chi connectivity index (χ0v) is 4.28. The lowest BCUT2D eigenvalue weighted by molar-refractivity contribution is 0.593. The summed E-state index contributed by atoms with van der Waals surface area (Å²) >= 11 is 0. The Bertz CT molecular complexity index is 70.1. The van der Waals surface area contributed by atoms with Crippen molar-refractivity contribution in [1.82, 2.24) is 10.6 Å². The molecule has 2 heteroatoms. The van der Waals surface area contributed by atoms with Crippen molar-refractivity contribution in [3.63, 3.8) is 0 Å². The van der Waals surface area contributed by atoms with Crippen LogP contribution in [0.1, 0.15) is 0 Å². The SMILES string of the molecule is C=C1CNCC[N]1. The molecule has 0 saturated carbocycles. The zero-order chi connectivity index (χ0) is 5.11. The molecule has 1 N–H and O–H groups in total. The minimum atomic E-state index is 0.875. The largest absolute Gasteiger partial charge is 0.309 e. The number of nitrogens with zero attached hydrogens (tertiary/aromatic N) is 1. The molecule has 0 aromatic heterocycles. The molecular formula is C5H9N2. The normalized spacial score (nSPS) is 21.4. The van der Waals surface area contributed by atoms with Crippen molar-refractivity contribution in [3.05, 3.63) is 12.3 Å². The van der Waals surface area contributed by atoms with E-state index in [4.69, 9.17) is 0 Å². The summed E-state index contributed by atoms with van der Waals surface area (Å²) in [6.07, 6.45) is 0. The van der Waals surface area contributed by atoms with Crippen molar-refractivity contribution in [2.75, 3.05) is 19.6 Å². The highest BCUT2D eigenvalue weighted by Crippen LogP contribution is 1.85. The van der Waals surface area contributed by atoms with Gasteiger partial charge in [-0.3, -0.25) is 5.32 Å². The Kier molecular flexibility index (Phi) is 1.32. The van der Waals surface area contributed by atoms with E-state index in [9.17, 15) is 0 Å². The van der Waals surface area contributed by atoms with E-state index in [-0.39, 0.29) is 0 Å². The predicted octanol–water partition coefficient (Wildman–Crippen LogP) is -0.292. The fourth-order valence-corrected chi connectivity index (χ4v) is 0.582. The van der Waals surface area contributed by atoms with Gasteiger partial charge in [0.05, 0.1) is 6.54 Å². The van der Waals surface area contributed by atoms with E-state index in [1.807, 2.05) is 0 Å². The molecule has 0 aromatic rings. The standard InChI is InChI=1S/C5H9N2/c1-5-4-6-2-3-7-5/h6H,1-4H2. The fourth-order valence-electron chi connectivity index (χ4n) is 0.582. The van der Waals surface area contributed by atoms with Crippen LogP contribution in [0.5, 0.6) is 0 Å². The molecule has 39 valence electrons. The maximum Gasteiger partial charge on any atom is 0.0517 e. The van der Waals surface area contributed by atoms with Crippen molar-refractivity contribution >= 4 is 0 Å². The third kappa shape index (κ3) is 1.20. The van der Waals surface area contributed by atoms with E-state index >= 15 is 0 Å². The van der Waals surface area contributed by atoms with Crippen LogP contribution >= 0.6 is 0 Å². The Balaban J connectivity index is 2.25. The van der Waals surface area contributed by atoms with Crippen LogP contribution in [0, 0.1) is 0 Å². The van der Waals surface area contributed by atoms with Gasteiger partial charge < -0.3 is 5.32 Å². The number of nitrogens with one attached hydrogen (secondary N) is 1. The molecule has 1 aliphatic rings. The average molecular weight is 97.1 g/mol. The molecule has 1 saturated heterocycles. The van der Waals surface area contributed by atoms with Gasteiger partial charge in [0, 0.05) is 18.8 Å². The summed E-state index contributed by atoms with van der Waals surface area (Å²) in [5.74, 6) is 0. The van der Waals surface area contributed by atoms with Crippen molar-refractivity contribution in [2.45, 2.75) is 0 Å². The molecule has 0 aromatic carbocycles. The Morgan fingerprint density at radius 3 is 2.86 bits per heavy atom. The maximum atomic E-state index is 4.07. The first kappa shape index (κ1) is 4.65. The van der Waals surface area contributed by atoms with Gasteiger partial charge in [-0.1, -0.05) is 6.58 Å². The first-order chi connectivity index (χ1) is 3.39. The van der Waals surface area contributed by atoms with Crippen molar-refractivity contribution in [2.24, 2.45) is 0 Å². The summed E-state index contributed by atoms with van der Waals surface area (Å²) in [7, 11) is 0. The molecule has 1 aliphatic heterocycles. The minimum absolute atomic E-state index is 0.875. The molecule has 0 amide bonds. The predicted molar refractivity (Wildman–Crippen MR) is 29.0 cm³/mol. The second kappa shape index (κ2) is 1.98. The molecule has 1 fully saturated rings. The van der Waals surface area contributed by atoms with Gasteiger partial charge >= 0.3 is 0 Å². The highest BCUT2D eigenvalue weighted by atomic mass is 15.0. The summed E-state index contributed by atoms with van der Waals surface area (Å²) in [4.78, 5) is 0. The van der Waals surface area contributed by atoms with Crippen LogP contribution in [0.2, 0.25) is 0 Å². The summed E-state index contributed by atoms with van der Waals surface area (Å²) in [5, 5.41) is 7.21. The summed E-state index contributed by atoms with van der Waals surface area (Å²) in [6.45, 7) is 6.47. The monoisotopic (exact) mass is 97.1 g/mol. The molecule has 0 aliphatic carbocycles. The minimum Gasteiger partial charge on any atom is -0.309 e. The number of rotatable bonds is 0. The number of piperazine rings is 1. The van der Waals surface area contributed by atoms with E-state index in [1.165, 1.54) is 0 Å². The van der Waals surface area contributed by atoms with Crippen LogP contribution in [-0.2, 0) is 0 Å². The topological polar surface area (TPSA) is 26.1 Å². The van der Waals surface area contributed by atoms with Gasteiger partial charge in [-0.25, -0.2) is 0 Å². The maximum absolute atomic E-state index is 4.07. The Hall–Kier alpha value is -0.500. The molecule has 1 heterocycles. The van der Waals surface area contributed by atoms with Gasteiger partial charge in [-0.15, -0.1) is 0 Å². The molecule has 0 bridgehead atoms. The molecular weight excluding hydrogens is 88.1 g/mol. The van der Waals surface area contributed by atoms with Crippen LogP contribution in [0.25, 0.3) is 0 Å². The van der Waals surface area contributed by atoms with Gasteiger partial charge in [0.15, 0.2) is 0 Å². The lowest BCUT2D eigenvalue weighted by atomic mass is 10.4. The van der Waals surface area contributed by atoms with Crippen molar-refractivity contribution in [3.8, 4) is 0 Å². The first-order valence-electron chi connectivity index (χ1n) is 2.45. The van der Waals surface area contributed by atoms with Crippen molar-refractivity contribution < 1.29 is 0 Å². The van der Waals surface area contributed by atoms with Crippen LogP contribution in [0.4, 0.5) is 0 Å². The van der Waals surface area contributed by atoms with E-state index in [1.54, 1.807) is 0 Å². The number of hydrogen-bond acceptors (Lipinski definition) is 1. The van der Waals surface area contributed by atoms with Crippen LogP contribution in [0.3, 0.4) is 0 Å². The quantitative estimate of drug-likeness (QED) is 0.441. The van der Waals surface area contributed by atoms with Crippen LogP contribution in [0.15, 0.2) is 12.3 Å². The molecule has 0 atom stereocenters. The zero-order valence-electron chi connectivity index (χ0n) is 4.28. The molecule has 2 nitrogen and oxygen atoms in total. The van der Waals surface area contributed by atoms with Gasteiger partial charge in [0.25, 0.3) is 0 Å². The van der Waals surface area contributed by atoms with Crippen LogP contribution < -0.4 is 10.6 Å². The third-order valence-corrected chi connectivity index (χ3v) is 0.953. The molecule has 0 spiro atoms. The highest BCUT2D eigenvalue weighted by Gasteiger charge is 1.99. The van der Waals surface area contributed by atoms with Gasteiger partial charge in [-0.2, -0.15) is 0 Å². The smallest absolute Gasteiger partial charge is 0.0517 e. The Labute approximate surface area is 43.6 Å². The number of hydrogen-bond donors (Lipinski definition) is 1. The lowest BCUT2D eigenvalue weighted by Crippen LogP contribution is -2.33. The summed E-state index contributed by atoms with van der Waals surface area (Å²) < 4.78 is 0. The average Bonchev–Trinajstić information content (AvgIpc) is 1.69. The van der Waals surface area contributed by atoms with Gasteiger partial charge in [-0.05, 0) is 0 Å². The van der Waals surface area contributed by atoms with E-state index in [0.717, 1.165) is 25.3 Å². The van der Waals surface area contributed by atoms with E-state index in [0.29, 0.717) is 0 Å². The Morgan fingerprint density at radius 1 is 1.71 bits per heavy atom. The second-order valence-electron chi connectivity index (χ2n) is 1.62. The summed E-state index contributed by atoms with van der Waals surface area (Å²) in [5.41, 5.74) is 0.978. The molecule has 1 rings (SSSR count). The summed E-state index contributed by atoms with van der Waals surface area (Å²) in [6, 6.07) is 0. The van der Waals surface area contributed by atoms with Gasteiger partial charge in [0.2, 0.25) is 0 Å². The first-order valence-corrected chi connectivity index (χ1v) is 2.45. The van der Waals surface area contributed by atoms with Crippen LogP contribution in [-0.4, -0.2) is 19.6 Å². The van der Waals surface area contributed by atoms with Gasteiger partial charge in [0.1, 0.15) is 0 Å². The third-order valence-electron chi connectivity index (χ3n) is 0.953. The van der Waals surface area contributed by atoms with E-state index in [2.05, 4.69) is 17.2 Å². The molecule has 1 radical (unpaired) electrons. The molecule has 0 unspecified atom stereocenters.